The van der Waals surface area contributed by atoms with E-state index in [1.807, 2.05) is 24.3 Å². The van der Waals surface area contributed by atoms with Gasteiger partial charge >= 0.3 is 0 Å². The number of benzene rings is 1. The van der Waals surface area contributed by atoms with Gasteiger partial charge in [-0.05, 0) is 46.9 Å². The van der Waals surface area contributed by atoms with Crippen molar-refractivity contribution >= 4 is 34.5 Å². The Morgan fingerprint density at radius 2 is 2.06 bits per heavy atom. The fourth-order valence-electron chi connectivity index (χ4n) is 1.23. The number of nitrogens with one attached hydrogen (secondary N) is 1. The number of allylic oxidation sites excluding steroid dienone is 1. The lowest BCUT2D eigenvalue weighted by molar-refractivity contribution is 0.104. The molecule has 0 bridgehead atoms. The van der Waals surface area contributed by atoms with E-state index in [0.717, 1.165) is 3.57 Å². The summed E-state index contributed by atoms with van der Waals surface area (Å²) in [5.41, 5.74) is 0.684. The summed E-state index contributed by atoms with van der Waals surface area (Å²) >= 11 is 2.21. The zero-order valence-electron chi connectivity index (χ0n) is 8.35. The molecule has 2 rings (SSSR count). The van der Waals surface area contributed by atoms with E-state index < -0.39 is 0 Å². The number of halogens is 1. The van der Waals surface area contributed by atoms with Crippen LogP contribution in [0.15, 0.2) is 42.7 Å². The lowest BCUT2D eigenvalue weighted by Crippen LogP contribution is -1.93. The van der Waals surface area contributed by atoms with Gasteiger partial charge in [0.05, 0.1) is 0 Å². The van der Waals surface area contributed by atoms with Crippen molar-refractivity contribution in [1.29, 1.82) is 0 Å². The van der Waals surface area contributed by atoms with Crippen molar-refractivity contribution in [1.82, 2.24) is 9.97 Å². The van der Waals surface area contributed by atoms with Crippen molar-refractivity contribution in [3.63, 3.8) is 0 Å². The van der Waals surface area contributed by atoms with Gasteiger partial charge in [-0.25, -0.2) is 4.98 Å². The van der Waals surface area contributed by atoms with E-state index in [4.69, 9.17) is 0 Å². The summed E-state index contributed by atoms with van der Waals surface area (Å²) in [5, 5.41) is 0. The van der Waals surface area contributed by atoms with Gasteiger partial charge in [0.25, 0.3) is 0 Å². The summed E-state index contributed by atoms with van der Waals surface area (Å²) in [4.78, 5) is 18.6. The van der Waals surface area contributed by atoms with Crippen LogP contribution in [0.1, 0.15) is 16.2 Å². The number of imidazole rings is 1. The first kappa shape index (κ1) is 11.1. The fourth-order valence-corrected chi connectivity index (χ4v) is 1.59. The van der Waals surface area contributed by atoms with Gasteiger partial charge in [0, 0.05) is 21.5 Å². The van der Waals surface area contributed by atoms with Crippen LogP contribution in [0.2, 0.25) is 0 Å². The molecule has 16 heavy (non-hydrogen) atoms. The quantitative estimate of drug-likeness (QED) is 0.536. The standard InChI is InChI=1S/C12H9IN2O/c13-10-3-1-9(2-4-10)11(16)5-6-12-14-7-8-15-12/h1-8H,(H,14,15)/b6-5+. The second-order valence-electron chi connectivity index (χ2n) is 3.18. The van der Waals surface area contributed by atoms with Crippen LogP contribution in [-0.4, -0.2) is 15.8 Å². The molecular weight excluding hydrogens is 315 g/mol. The van der Waals surface area contributed by atoms with Gasteiger partial charge in [-0.2, -0.15) is 0 Å². The summed E-state index contributed by atoms with van der Waals surface area (Å²) in [5.74, 6) is 0.659. The van der Waals surface area contributed by atoms with E-state index in [9.17, 15) is 4.79 Å². The maximum Gasteiger partial charge on any atom is 0.185 e. The van der Waals surface area contributed by atoms with Crippen LogP contribution in [0.4, 0.5) is 0 Å². The van der Waals surface area contributed by atoms with Gasteiger partial charge < -0.3 is 4.98 Å². The van der Waals surface area contributed by atoms with E-state index in [1.54, 1.807) is 18.5 Å². The lowest BCUT2D eigenvalue weighted by atomic mass is 10.1. The molecule has 0 saturated heterocycles. The molecule has 0 radical (unpaired) electrons. The molecule has 0 spiro atoms. The van der Waals surface area contributed by atoms with Crippen LogP contribution in [0.5, 0.6) is 0 Å². The molecule has 0 aliphatic rings. The van der Waals surface area contributed by atoms with Crippen molar-refractivity contribution in [2.45, 2.75) is 0 Å². The Morgan fingerprint density at radius 1 is 1.31 bits per heavy atom. The van der Waals surface area contributed by atoms with Crippen LogP contribution in [0, 0.1) is 3.57 Å². The molecule has 1 heterocycles. The highest BCUT2D eigenvalue weighted by molar-refractivity contribution is 14.1. The van der Waals surface area contributed by atoms with E-state index in [2.05, 4.69) is 32.6 Å². The van der Waals surface area contributed by atoms with Gasteiger partial charge in [-0.3, -0.25) is 4.79 Å². The molecule has 0 fully saturated rings. The van der Waals surface area contributed by atoms with E-state index in [1.165, 1.54) is 6.08 Å². The first-order valence-corrected chi connectivity index (χ1v) is 5.81. The first-order valence-electron chi connectivity index (χ1n) is 4.73. The number of hydrogen-bond acceptors (Lipinski definition) is 2. The normalized spacial score (nSPS) is 10.8. The Balaban J connectivity index is 2.11. The number of aromatic amines is 1. The molecule has 0 amide bonds. The van der Waals surface area contributed by atoms with Crippen molar-refractivity contribution in [2.24, 2.45) is 0 Å². The highest BCUT2D eigenvalue weighted by Crippen LogP contribution is 2.08. The van der Waals surface area contributed by atoms with Crippen LogP contribution >= 0.6 is 22.6 Å². The molecule has 0 saturated carbocycles. The molecule has 3 nitrogen and oxygen atoms in total. The number of carbonyl (C=O) groups excluding carboxylic acids is 1. The van der Waals surface area contributed by atoms with Crippen LogP contribution in [0.25, 0.3) is 6.08 Å². The summed E-state index contributed by atoms with van der Waals surface area (Å²) in [6.45, 7) is 0. The third kappa shape index (κ3) is 2.79. The topological polar surface area (TPSA) is 45.8 Å². The second kappa shape index (κ2) is 5.07. The van der Waals surface area contributed by atoms with Gasteiger partial charge in [-0.15, -0.1) is 0 Å². The molecule has 1 aromatic heterocycles. The molecule has 0 unspecified atom stereocenters. The van der Waals surface area contributed by atoms with Gasteiger partial charge in [0.1, 0.15) is 5.82 Å². The Morgan fingerprint density at radius 3 is 2.69 bits per heavy atom. The molecule has 0 atom stereocenters. The number of ketones is 1. The first-order chi connectivity index (χ1) is 7.75. The molecule has 0 aliphatic heterocycles. The summed E-state index contributed by atoms with van der Waals surface area (Å²) in [7, 11) is 0. The zero-order chi connectivity index (χ0) is 11.4. The highest BCUT2D eigenvalue weighted by Gasteiger charge is 2.00. The number of rotatable bonds is 3. The van der Waals surface area contributed by atoms with Crippen molar-refractivity contribution in [3.8, 4) is 0 Å². The minimum absolute atomic E-state index is 0.0206. The largest absolute Gasteiger partial charge is 0.345 e. The third-order valence-corrected chi connectivity index (χ3v) is 2.76. The van der Waals surface area contributed by atoms with Crippen molar-refractivity contribution in [3.05, 3.63) is 57.7 Å². The Bertz CT molecular complexity index is 500. The molecule has 1 aromatic carbocycles. The number of nitrogens with zero attached hydrogens (tertiary/aromatic N) is 1. The maximum atomic E-state index is 11.7. The summed E-state index contributed by atoms with van der Waals surface area (Å²) in [6.07, 6.45) is 6.55. The molecule has 2 aromatic rings. The number of aromatic nitrogens is 2. The lowest BCUT2D eigenvalue weighted by Gasteiger charge is -1.95. The average Bonchev–Trinajstić information content (AvgIpc) is 2.80. The molecule has 0 aliphatic carbocycles. The van der Waals surface area contributed by atoms with Crippen LogP contribution < -0.4 is 0 Å². The predicted molar refractivity (Wildman–Crippen MR) is 71.1 cm³/mol. The summed E-state index contributed by atoms with van der Waals surface area (Å²) in [6, 6.07) is 7.45. The minimum atomic E-state index is -0.0206. The monoisotopic (exact) mass is 324 g/mol. The maximum absolute atomic E-state index is 11.7. The van der Waals surface area contributed by atoms with Crippen molar-refractivity contribution < 1.29 is 4.79 Å². The Kier molecular flexibility index (Phi) is 3.51. The van der Waals surface area contributed by atoms with Gasteiger partial charge in [0.15, 0.2) is 5.78 Å². The molecule has 1 N–H and O–H groups in total. The van der Waals surface area contributed by atoms with E-state index in [0.29, 0.717) is 11.4 Å². The van der Waals surface area contributed by atoms with Gasteiger partial charge in [-0.1, -0.05) is 12.1 Å². The van der Waals surface area contributed by atoms with Crippen LogP contribution in [0.3, 0.4) is 0 Å². The average molecular weight is 324 g/mol. The number of hydrogen-bond donors (Lipinski definition) is 1. The highest BCUT2D eigenvalue weighted by atomic mass is 127. The number of H-pyrrole nitrogens is 1. The third-order valence-electron chi connectivity index (χ3n) is 2.04. The Labute approximate surface area is 107 Å². The SMILES string of the molecule is O=C(/C=C/c1ncc[nH]1)c1ccc(I)cc1. The Hall–Kier alpha value is -1.43. The van der Waals surface area contributed by atoms with E-state index >= 15 is 0 Å². The molecular formula is C12H9IN2O. The predicted octanol–water partition coefficient (Wildman–Crippen LogP) is 2.91. The van der Waals surface area contributed by atoms with Crippen molar-refractivity contribution in [2.75, 3.05) is 0 Å². The second-order valence-corrected chi connectivity index (χ2v) is 4.42. The molecule has 80 valence electrons. The molecule has 4 heteroatoms. The minimum Gasteiger partial charge on any atom is -0.345 e. The smallest absolute Gasteiger partial charge is 0.185 e. The zero-order valence-corrected chi connectivity index (χ0v) is 10.5. The number of carbonyl (C=O) groups is 1. The van der Waals surface area contributed by atoms with Crippen LogP contribution in [-0.2, 0) is 0 Å². The van der Waals surface area contributed by atoms with E-state index in [-0.39, 0.29) is 5.78 Å². The van der Waals surface area contributed by atoms with Gasteiger partial charge in [0.2, 0.25) is 0 Å². The fraction of sp³-hybridized carbons (Fsp3) is 0. The summed E-state index contributed by atoms with van der Waals surface area (Å²) < 4.78 is 1.11.